The summed E-state index contributed by atoms with van der Waals surface area (Å²) in [6, 6.07) is 8.27. The number of nitrogens with zero attached hydrogens (tertiary/aromatic N) is 1. The number of carbonyl (C=O) groups excluding carboxylic acids is 2. The van der Waals surface area contributed by atoms with Gasteiger partial charge in [0.25, 0.3) is 5.91 Å². The summed E-state index contributed by atoms with van der Waals surface area (Å²) in [5.41, 5.74) is -0.796. The van der Waals surface area contributed by atoms with Crippen molar-refractivity contribution in [1.82, 2.24) is 4.90 Å². The number of rotatable bonds is 2. The summed E-state index contributed by atoms with van der Waals surface area (Å²) in [6.07, 6.45) is -4.59. The Morgan fingerprint density at radius 2 is 1.89 bits per heavy atom. The van der Waals surface area contributed by atoms with E-state index in [0.29, 0.717) is 18.9 Å². The van der Waals surface area contributed by atoms with Crippen LogP contribution >= 0.6 is 0 Å². The highest BCUT2D eigenvalue weighted by atomic mass is 19.4. The molecule has 6 nitrogen and oxygen atoms in total. The molecule has 0 spiro atoms. The molecule has 2 aromatic carbocycles. The lowest BCUT2D eigenvalue weighted by molar-refractivity contribution is -0.136. The van der Waals surface area contributed by atoms with Gasteiger partial charge in [-0.25, -0.2) is 4.79 Å². The SMILES string of the molecule is CN1CCOc2ccc(NC(=O)Nc3ccccc3C(F)(F)F)cc2C1=O. The van der Waals surface area contributed by atoms with Gasteiger partial charge < -0.3 is 20.3 Å². The van der Waals surface area contributed by atoms with Crippen molar-refractivity contribution in [2.45, 2.75) is 6.18 Å². The Bertz CT molecular complexity index is 884. The fourth-order valence-electron chi connectivity index (χ4n) is 2.62. The van der Waals surface area contributed by atoms with Gasteiger partial charge in [-0.05, 0) is 30.3 Å². The Balaban J connectivity index is 1.78. The van der Waals surface area contributed by atoms with Gasteiger partial charge in [-0.2, -0.15) is 13.2 Å². The van der Waals surface area contributed by atoms with Gasteiger partial charge >= 0.3 is 12.2 Å². The summed E-state index contributed by atoms with van der Waals surface area (Å²) >= 11 is 0. The minimum atomic E-state index is -4.59. The zero-order valence-corrected chi connectivity index (χ0v) is 14.3. The van der Waals surface area contributed by atoms with Crippen LogP contribution in [0.2, 0.25) is 0 Å². The van der Waals surface area contributed by atoms with E-state index < -0.39 is 17.8 Å². The molecular formula is C18H16F3N3O3. The first-order valence-corrected chi connectivity index (χ1v) is 8.02. The topological polar surface area (TPSA) is 70.7 Å². The number of alkyl halides is 3. The summed E-state index contributed by atoms with van der Waals surface area (Å²) in [5, 5.41) is 4.61. The largest absolute Gasteiger partial charge is 0.491 e. The third-order valence-electron chi connectivity index (χ3n) is 3.98. The molecule has 0 atom stereocenters. The lowest BCUT2D eigenvalue weighted by Crippen LogP contribution is -2.28. The molecule has 1 heterocycles. The highest BCUT2D eigenvalue weighted by Crippen LogP contribution is 2.34. The third kappa shape index (κ3) is 4.13. The smallest absolute Gasteiger partial charge is 0.418 e. The standard InChI is InChI=1S/C18H16F3N3O3/c1-24-8-9-27-15-7-6-11(10-12(15)16(24)25)22-17(26)23-14-5-3-2-4-13(14)18(19,20)21/h2-7,10H,8-9H2,1H3,(H2,22,23,26). The molecule has 1 aliphatic heterocycles. The number of para-hydroxylation sites is 1. The maximum absolute atomic E-state index is 13.0. The molecule has 0 fully saturated rings. The molecule has 0 radical (unpaired) electrons. The Labute approximate surface area is 152 Å². The Morgan fingerprint density at radius 1 is 1.15 bits per heavy atom. The molecule has 0 bridgehead atoms. The number of anilines is 2. The predicted molar refractivity (Wildman–Crippen MR) is 93.0 cm³/mol. The van der Waals surface area contributed by atoms with Crippen LogP contribution in [0.5, 0.6) is 5.75 Å². The predicted octanol–water partition coefficient (Wildman–Crippen LogP) is 3.81. The molecule has 2 aromatic rings. The summed E-state index contributed by atoms with van der Waals surface area (Å²) in [4.78, 5) is 25.9. The van der Waals surface area contributed by atoms with Crippen molar-refractivity contribution in [2.24, 2.45) is 0 Å². The van der Waals surface area contributed by atoms with E-state index in [-0.39, 0.29) is 22.8 Å². The molecule has 142 valence electrons. The van der Waals surface area contributed by atoms with Crippen LogP contribution in [0.1, 0.15) is 15.9 Å². The Morgan fingerprint density at radius 3 is 2.63 bits per heavy atom. The van der Waals surface area contributed by atoms with Crippen LogP contribution in [0.4, 0.5) is 29.3 Å². The number of hydrogen-bond acceptors (Lipinski definition) is 3. The lowest BCUT2D eigenvalue weighted by atomic mass is 10.1. The number of likely N-dealkylation sites (N-methyl/N-ethyl adjacent to an activating group) is 1. The van der Waals surface area contributed by atoms with Crippen LogP contribution in [-0.4, -0.2) is 37.0 Å². The van der Waals surface area contributed by atoms with Crippen LogP contribution in [-0.2, 0) is 6.18 Å². The van der Waals surface area contributed by atoms with Crippen LogP contribution < -0.4 is 15.4 Å². The summed E-state index contributed by atoms with van der Waals surface area (Å²) in [5.74, 6) is 0.117. The Kier molecular flexibility index (Phi) is 4.93. The van der Waals surface area contributed by atoms with Crippen molar-refractivity contribution >= 4 is 23.3 Å². The molecular weight excluding hydrogens is 363 g/mol. The van der Waals surface area contributed by atoms with Gasteiger partial charge in [-0.15, -0.1) is 0 Å². The van der Waals surface area contributed by atoms with E-state index in [4.69, 9.17) is 4.74 Å². The molecule has 0 aromatic heterocycles. The molecule has 9 heteroatoms. The van der Waals surface area contributed by atoms with Crippen molar-refractivity contribution in [2.75, 3.05) is 30.8 Å². The molecule has 3 amide bonds. The fourth-order valence-corrected chi connectivity index (χ4v) is 2.62. The summed E-state index contributed by atoms with van der Waals surface area (Å²) in [6.45, 7) is 0.766. The molecule has 3 rings (SSSR count). The molecule has 0 unspecified atom stereocenters. The molecule has 0 saturated carbocycles. The van der Waals surface area contributed by atoms with Crippen LogP contribution in [0.25, 0.3) is 0 Å². The third-order valence-corrected chi connectivity index (χ3v) is 3.98. The van der Waals surface area contributed by atoms with E-state index in [1.165, 1.54) is 35.2 Å². The van der Waals surface area contributed by atoms with Gasteiger partial charge in [-0.1, -0.05) is 12.1 Å². The van der Waals surface area contributed by atoms with Crippen molar-refractivity contribution in [3.05, 3.63) is 53.6 Å². The van der Waals surface area contributed by atoms with Crippen LogP contribution in [0, 0.1) is 0 Å². The number of fused-ring (bicyclic) bond motifs is 1. The average Bonchev–Trinajstić information content (AvgIpc) is 2.74. The number of nitrogens with one attached hydrogen (secondary N) is 2. The van der Waals surface area contributed by atoms with Gasteiger partial charge in [0, 0.05) is 12.7 Å². The monoisotopic (exact) mass is 379 g/mol. The lowest BCUT2D eigenvalue weighted by Gasteiger charge is -2.15. The van der Waals surface area contributed by atoms with Gasteiger partial charge in [0.15, 0.2) is 0 Å². The first kappa shape index (κ1) is 18.6. The second-order valence-corrected chi connectivity index (χ2v) is 5.91. The van der Waals surface area contributed by atoms with Crippen molar-refractivity contribution in [3.63, 3.8) is 0 Å². The molecule has 27 heavy (non-hydrogen) atoms. The zero-order valence-electron chi connectivity index (χ0n) is 14.3. The molecule has 1 aliphatic rings. The highest BCUT2D eigenvalue weighted by Gasteiger charge is 2.33. The summed E-state index contributed by atoms with van der Waals surface area (Å²) in [7, 11) is 1.63. The molecule has 2 N–H and O–H groups in total. The fraction of sp³-hybridized carbons (Fsp3) is 0.222. The second kappa shape index (κ2) is 7.18. The minimum absolute atomic E-state index is 0.253. The second-order valence-electron chi connectivity index (χ2n) is 5.91. The first-order valence-electron chi connectivity index (χ1n) is 8.02. The Hall–Kier alpha value is -3.23. The molecule has 0 saturated heterocycles. The zero-order chi connectivity index (χ0) is 19.6. The van der Waals surface area contributed by atoms with Gasteiger partial charge in [0.05, 0.1) is 23.4 Å². The van der Waals surface area contributed by atoms with E-state index in [1.54, 1.807) is 7.05 Å². The van der Waals surface area contributed by atoms with E-state index >= 15 is 0 Å². The van der Waals surface area contributed by atoms with E-state index in [0.717, 1.165) is 12.1 Å². The normalized spacial score (nSPS) is 14.1. The number of ether oxygens (including phenoxy) is 1. The van der Waals surface area contributed by atoms with Crippen LogP contribution in [0.15, 0.2) is 42.5 Å². The highest BCUT2D eigenvalue weighted by molar-refractivity contribution is 6.02. The summed E-state index contributed by atoms with van der Waals surface area (Å²) < 4.78 is 44.5. The number of benzene rings is 2. The average molecular weight is 379 g/mol. The number of halogens is 3. The van der Waals surface area contributed by atoms with E-state index in [1.807, 2.05) is 0 Å². The first-order chi connectivity index (χ1) is 12.8. The van der Waals surface area contributed by atoms with Crippen molar-refractivity contribution in [3.8, 4) is 5.75 Å². The number of urea groups is 1. The molecule has 0 aliphatic carbocycles. The number of amides is 3. The maximum atomic E-state index is 13.0. The van der Waals surface area contributed by atoms with Gasteiger partial charge in [-0.3, -0.25) is 4.79 Å². The number of carbonyl (C=O) groups is 2. The van der Waals surface area contributed by atoms with Gasteiger partial charge in [0.1, 0.15) is 12.4 Å². The van der Waals surface area contributed by atoms with Crippen molar-refractivity contribution < 1.29 is 27.5 Å². The van der Waals surface area contributed by atoms with E-state index in [2.05, 4.69) is 10.6 Å². The van der Waals surface area contributed by atoms with Gasteiger partial charge in [0.2, 0.25) is 0 Å². The van der Waals surface area contributed by atoms with Crippen LogP contribution in [0.3, 0.4) is 0 Å². The minimum Gasteiger partial charge on any atom is -0.491 e. The van der Waals surface area contributed by atoms with E-state index in [9.17, 15) is 22.8 Å². The van der Waals surface area contributed by atoms with Crippen molar-refractivity contribution in [1.29, 1.82) is 0 Å². The maximum Gasteiger partial charge on any atom is 0.418 e. The quantitative estimate of drug-likeness (QED) is 0.834. The number of hydrogen-bond donors (Lipinski definition) is 2.